The zero-order valence-electron chi connectivity index (χ0n) is 5.36. The van der Waals surface area contributed by atoms with E-state index in [9.17, 15) is 0 Å². The van der Waals surface area contributed by atoms with Gasteiger partial charge in [0.1, 0.15) is 0 Å². The molecule has 0 amide bonds. The Balaban J connectivity index is 3.28. The van der Waals surface area contributed by atoms with Crippen molar-refractivity contribution in [1.82, 2.24) is 0 Å². The van der Waals surface area contributed by atoms with Crippen molar-refractivity contribution in [2.75, 3.05) is 0 Å². The van der Waals surface area contributed by atoms with Gasteiger partial charge in [-0.3, -0.25) is 0 Å². The fourth-order valence-corrected chi connectivity index (χ4v) is 1.97. The van der Waals surface area contributed by atoms with Crippen molar-refractivity contribution in [3.8, 4) is 0 Å². The predicted octanol–water partition coefficient (Wildman–Crippen LogP) is 3.65. The maximum Gasteiger partial charge on any atom is 0.0320 e. The van der Waals surface area contributed by atoms with Gasteiger partial charge in [0.2, 0.25) is 0 Å². The van der Waals surface area contributed by atoms with Crippen LogP contribution in [0.15, 0.2) is 21.5 Å². The lowest BCUT2D eigenvalue weighted by Crippen LogP contribution is -1.80. The Morgan fingerprint density at radius 3 is 2.60 bits per heavy atom. The van der Waals surface area contributed by atoms with Gasteiger partial charge in [-0.15, -0.1) is 12.6 Å². The van der Waals surface area contributed by atoms with Gasteiger partial charge in [0, 0.05) is 12.9 Å². The number of aryl methyl sites for hydroxylation is 1. The molecule has 0 atom stereocenters. The second-order valence-electron chi connectivity index (χ2n) is 2.05. The molecule has 0 saturated carbocycles. The van der Waals surface area contributed by atoms with Crippen molar-refractivity contribution in [2.24, 2.45) is 0 Å². The minimum Gasteiger partial charge on any atom is -0.143 e. The van der Waals surface area contributed by atoms with E-state index in [2.05, 4.69) is 64.1 Å². The zero-order valence-corrected chi connectivity index (χ0v) is 10.00. The fraction of sp³-hybridized carbons (Fsp3) is 0.143. The minimum atomic E-state index is 1.03. The first-order chi connectivity index (χ1) is 4.61. The number of thiol groups is 1. The molecule has 3 heteroatoms. The van der Waals surface area contributed by atoms with Crippen molar-refractivity contribution < 1.29 is 0 Å². The average Bonchev–Trinajstić information content (AvgIpc) is 1.84. The van der Waals surface area contributed by atoms with Crippen LogP contribution in [0, 0.1) is 10.5 Å². The molecule has 1 aromatic carbocycles. The summed E-state index contributed by atoms with van der Waals surface area (Å²) in [6, 6.07) is 4.12. The highest BCUT2D eigenvalue weighted by atomic mass is 127. The summed E-state index contributed by atoms with van der Waals surface area (Å²) in [5, 5.41) is 0. The topological polar surface area (TPSA) is 0 Å². The van der Waals surface area contributed by atoms with Crippen molar-refractivity contribution in [1.29, 1.82) is 0 Å². The fourth-order valence-electron chi connectivity index (χ4n) is 0.636. The van der Waals surface area contributed by atoms with E-state index < -0.39 is 0 Å². The van der Waals surface area contributed by atoms with Crippen LogP contribution < -0.4 is 0 Å². The summed E-state index contributed by atoms with van der Waals surface area (Å²) in [7, 11) is 0. The predicted molar refractivity (Wildman–Crippen MR) is 58.8 cm³/mol. The summed E-state index contributed by atoms with van der Waals surface area (Å²) in [5.74, 6) is 0. The molecule has 0 aromatic heterocycles. The van der Waals surface area contributed by atoms with Gasteiger partial charge in [-0.25, -0.2) is 0 Å². The van der Waals surface area contributed by atoms with Crippen LogP contribution in [0.2, 0.25) is 0 Å². The van der Waals surface area contributed by atoms with Gasteiger partial charge < -0.3 is 0 Å². The number of hydrogen-bond donors (Lipinski definition) is 1. The van der Waals surface area contributed by atoms with E-state index in [1.807, 2.05) is 6.07 Å². The van der Waals surface area contributed by atoms with E-state index in [1.165, 1.54) is 9.13 Å². The van der Waals surface area contributed by atoms with E-state index in [1.54, 1.807) is 0 Å². The molecule has 0 aliphatic heterocycles. The molecular weight excluding hydrogens is 323 g/mol. The summed E-state index contributed by atoms with van der Waals surface area (Å²) in [6.07, 6.45) is 0. The third-order valence-electron chi connectivity index (χ3n) is 1.24. The first kappa shape index (κ1) is 8.87. The number of hydrogen-bond acceptors (Lipinski definition) is 1. The molecule has 0 unspecified atom stereocenters. The van der Waals surface area contributed by atoms with Gasteiger partial charge in [-0.05, 0) is 63.1 Å². The van der Waals surface area contributed by atoms with Crippen LogP contribution in [0.4, 0.5) is 0 Å². The van der Waals surface area contributed by atoms with Crippen LogP contribution in [0.1, 0.15) is 5.56 Å². The van der Waals surface area contributed by atoms with Gasteiger partial charge in [-0.1, -0.05) is 0 Å². The molecule has 54 valence electrons. The number of halogens is 2. The second-order valence-corrected chi connectivity index (χ2v) is 4.55. The molecule has 1 rings (SSSR count). The molecular formula is C7H6BrIS. The Labute approximate surface area is 88.1 Å². The third-order valence-corrected chi connectivity index (χ3v) is 4.01. The number of rotatable bonds is 0. The molecule has 0 aliphatic carbocycles. The van der Waals surface area contributed by atoms with Gasteiger partial charge >= 0.3 is 0 Å². The quantitative estimate of drug-likeness (QED) is 0.545. The lowest BCUT2D eigenvalue weighted by molar-refractivity contribution is 1.28. The van der Waals surface area contributed by atoms with Crippen molar-refractivity contribution in [2.45, 2.75) is 11.8 Å². The SMILES string of the molecule is Cc1cc(I)c(Br)cc1S. The summed E-state index contributed by atoms with van der Waals surface area (Å²) >= 11 is 9.99. The first-order valence-electron chi connectivity index (χ1n) is 2.76. The maximum atomic E-state index is 4.28. The lowest BCUT2D eigenvalue weighted by atomic mass is 10.2. The van der Waals surface area contributed by atoms with Crippen molar-refractivity contribution >= 4 is 51.1 Å². The van der Waals surface area contributed by atoms with Crippen molar-refractivity contribution in [3.05, 3.63) is 25.7 Å². The maximum absolute atomic E-state index is 4.28. The summed E-state index contributed by atoms with van der Waals surface area (Å²) in [5.41, 5.74) is 1.22. The highest BCUT2D eigenvalue weighted by molar-refractivity contribution is 14.1. The monoisotopic (exact) mass is 328 g/mol. The molecule has 0 spiro atoms. The van der Waals surface area contributed by atoms with Gasteiger partial charge in [0.15, 0.2) is 0 Å². The Hall–Kier alpha value is 0.780. The molecule has 0 bridgehead atoms. The highest BCUT2D eigenvalue weighted by Gasteiger charge is 1.98. The van der Waals surface area contributed by atoms with Crippen LogP contribution in [-0.4, -0.2) is 0 Å². The van der Waals surface area contributed by atoms with E-state index in [4.69, 9.17) is 0 Å². The molecule has 0 heterocycles. The number of benzene rings is 1. The first-order valence-corrected chi connectivity index (χ1v) is 5.08. The summed E-state index contributed by atoms with van der Waals surface area (Å²) in [4.78, 5) is 1.03. The molecule has 0 aliphatic rings. The molecule has 0 fully saturated rings. The highest BCUT2D eigenvalue weighted by Crippen LogP contribution is 2.24. The zero-order chi connectivity index (χ0) is 7.72. The normalized spacial score (nSPS) is 10.0. The third kappa shape index (κ3) is 1.89. The van der Waals surface area contributed by atoms with Crippen LogP contribution in [0.25, 0.3) is 0 Å². The lowest BCUT2D eigenvalue weighted by Gasteiger charge is -2.00. The second kappa shape index (κ2) is 3.45. The molecule has 0 radical (unpaired) electrons. The van der Waals surface area contributed by atoms with E-state index >= 15 is 0 Å². The molecule has 0 N–H and O–H groups in total. The van der Waals surface area contributed by atoms with Crippen LogP contribution >= 0.6 is 51.1 Å². The Bertz CT molecular complexity index is 210. The van der Waals surface area contributed by atoms with Gasteiger partial charge in [-0.2, -0.15) is 0 Å². The Kier molecular flexibility index (Phi) is 3.06. The largest absolute Gasteiger partial charge is 0.143 e. The van der Waals surface area contributed by atoms with E-state index in [0.717, 1.165) is 9.37 Å². The molecule has 0 nitrogen and oxygen atoms in total. The van der Waals surface area contributed by atoms with Gasteiger partial charge in [0.25, 0.3) is 0 Å². The van der Waals surface area contributed by atoms with Crippen molar-refractivity contribution in [3.63, 3.8) is 0 Å². The summed E-state index contributed by atoms with van der Waals surface area (Å²) in [6.45, 7) is 2.05. The molecule has 0 saturated heterocycles. The molecule has 1 aromatic rings. The Morgan fingerprint density at radius 2 is 2.10 bits per heavy atom. The molecule has 10 heavy (non-hydrogen) atoms. The van der Waals surface area contributed by atoms with Gasteiger partial charge in [0.05, 0.1) is 0 Å². The standard InChI is InChI=1S/C7H6BrIS/c1-4-2-6(9)5(8)3-7(4)10/h2-3,10H,1H3. The Morgan fingerprint density at radius 1 is 1.50 bits per heavy atom. The average molecular weight is 329 g/mol. The smallest absolute Gasteiger partial charge is 0.0320 e. The summed E-state index contributed by atoms with van der Waals surface area (Å²) < 4.78 is 2.34. The van der Waals surface area contributed by atoms with E-state index in [0.29, 0.717) is 0 Å². The van der Waals surface area contributed by atoms with Crippen LogP contribution in [0.3, 0.4) is 0 Å². The van der Waals surface area contributed by atoms with Crippen LogP contribution in [-0.2, 0) is 0 Å². The minimum absolute atomic E-state index is 1.03. The van der Waals surface area contributed by atoms with Crippen LogP contribution in [0.5, 0.6) is 0 Å². The van der Waals surface area contributed by atoms with E-state index in [-0.39, 0.29) is 0 Å².